The van der Waals surface area contributed by atoms with E-state index < -0.39 is 11.9 Å². The Kier molecular flexibility index (Phi) is 19.9. The van der Waals surface area contributed by atoms with E-state index in [1.165, 1.54) is 88.2 Å². The van der Waals surface area contributed by atoms with E-state index in [0.717, 1.165) is 12.8 Å². The third kappa shape index (κ3) is 16.2. The zero-order valence-corrected chi connectivity index (χ0v) is 22.5. The molecule has 0 heterocycles. The van der Waals surface area contributed by atoms with Gasteiger partial charge in [-0.1, -0.05) is 127 Å². The Morgan fingerprint density at radius 2 is 0.800 bits per heavy atom. The Balaban J connectivity index is 0.000000642. The smallest absolute Gasteiger partial charge is 0.545 e. The van der Waals surface area contributed by atoms with Crippen LogP contribution in [-0.4, -0.2) is 11.9 Å². The van der Waals surface area contributed by atoms with Crippen molar-refractivity contribution in [1.82, 2.24) is 0 Å². The van der Waals surface area contributed by atoms with Gasteiger partial charge in [-0.2, -0.15) is 0 Å². The second kappa shape index (κ2) is 21.2. The van der Waals surface area contributed by atoms with Crippen LogP contribution in [0.4, 0.5) is 0 Å². The molecule has 0 saturated heterocycles. The summed E-state index contributed by atoms with van der Waals surface area (Å²) in [6.45, 7) is 4.44. The number of aryl methyl sites for hydroxylation is 2. The summed E-state index contributed by atoms with van der Waals surface area (Å²) in [5.74, 6) is -2.20. The van der Waals surface area contributed by atoms with Crippen LogP contribution >= 0.6 is 0 Å². The maximum absolute atomic E-state index is 10.6. The van der Waals surface area contributed by atoms with Crippen LogP contribution in [0.2, 0.25) is 0 Å². The molecule has 0 fully saturated rings. The Bertz CT molecular complexity index is 731. The van der Waals surface area contributed by atoms with Gasteiger partial charge in [0, 0.05) is 0 Å². The molecule has 2 aromatic carbocycles. The van der Waals surface area contributed by atoms with E-state index in [1.807, 2.05) is 24.3 Å². The van der Waals surface area contributed by atoms with Crippen molar-refractivity contribution in [3.05, 3.63) is 70.8 Å². The number of carboxylic acid groups (broad SMARTS) is 2. The van der Waals surface area contributed by atoms with E-state index in [9.17, 15) is 19.8 Å². The number of carbonyl (C=O) groups is 2. The second-order valence-electron chi connectivity index (χ2n) is 9.00. The first-order valence-electron chi connectivity index (χ1n) is 13.1. The second-order valence-corrected chi connectivity index (χ2v) is 9.00. The third-order valence-corrected chi connectivity index (χ3v) is 6.02. The van der Waals surface area contributed by atoms with Gasteiger partial charge in [0.2, 0.25) is 0 Å². The minimum atomic E-state index is -1.10. The van der Waals surface area contributed by atoms with Crippen molar-refractivity contribution in [3.63, 3.8) is 0 Å². The van der Waals surface area contributed by atoms with Crippen molar-refractivity contribution < 1.29 is 36.6 Å². The summed E-state index contributed by atoms with van der Waals surface area (Å²) < 4.78 is 0. The molecule has 4 nitrogen and oxygen atoms in total. The molecule has 0 atom stereocenters. The van der Waals surface area contributed by atoms with Gasteiger partial charge in [-0.05, 0) is 47.9 Å². The number of hydrogen-bond acceptors (Lipinski definition) is 4. The summed E-state index contributed by atoms with van der Waals surface area (Å²) in [5, 5.41) is 21.1. The van der Waals surface area contributed by atoms with Gasteiger partial charge >= 0.3 is 16.8 Å². The van der Waals surface area contributed by atoms with Crippen LogP contribution in [0.5, 0.6) is 0 Å². The number of unbranched alkanes of at least 4 members (excludes halogenated alkanes) is 10. The SMILES string of the molecule is CCCCCCCCc1ccc(C(=O)[O-])cc1.CCCCCCCCc1ccc(C(=O)[O-])cc1.[Co+2]. The maximum Gasteiger partial charge on any atom is 2.00 e. The Hall–Kier alpha value is -2.11. The van der Waals surface area contributed by atoms with Crippen molar-refractivity contribution in [1.29, 1.82) is 0 Å². The standard InChI is InChI=1S/2C15H22O2.Co/c2*1-2-3-4-5-6-7-8-13-9-11-14(12-10-13)15(16)17;/h2*9-12H,2-8H2,1H3,(H,16,17);/q;;+2/p-2. The molecule has 35 heavy (non-hydrogen) atoms. The largest absolute Gasteiger partial charge is 2.00 e. The molecular formula is C30H42CoO4. The molecule has 2 aromatic rings. The first-order valence-corrected chi connectivity index (χ1v) is 13.1. The molecule has 0 spiro atoms. The molecule has 5 heteroatoms. The van der Waals surface area contributed by atoms with Crippen LogP contribution in [0, 0.1) is 0 Å². The molecule has 0 unspecified atom stereocenters. The third-order valence-electron chi connectivity index (χ3n) is 6.02. The summed E-state index contributed by atoms with van der Waals surface area (Å²) in [4.78, 5) is 21.1. The predicted molar refractivity (Wildman–Crippen MR) is 136 cm³/mol. The van der Waals surface area contributed by atoms with Gasteiger partial charge < -0.3 is 19.8 Å². The topological polar surface area (TPSA) is 80.3 Å². The van der Waals surface area contributed by atoms with Crippen LogP contribution in [0.15, 0.2) is 48.5 Å². The molecule has 195 valence electrons. The number of aromatic carboxylic acids is 2. The molecule has 0 aliphatic carbocycles. The Morgan fingerprint density at radius 3 is 1.09 bits per heavy atom. The first kappa shape index (κ1) is 32.9. The van der Waals surface area contributed by atoms with Crippen molar-refractivity contribution in [2.24, 2.45) is 0 Å². The van der Waals surface area contributed by atoms with Crippen LogP contribution in [-0.2, 0) is 29.6 Å². The first-order chi connectivity index (χ1) is 16.5. The normalized spacial score (nSPS) is 10.1. The molecule has 0 saturated carbocycles. The quantitative estimate of drug-likeness (QED) is 0.256. The monoisotopic (exact) mass is 525 g/mol. The van der Waals surface area contributed by atoms with Gasteiger partial charge in [0.05, 0.1) is 11.9 Å². The van der Waals surface area contributed by atoms with Crippen LogP contribution in [0.3, 0.4) is 0 Å². The molecule has 2 rings (SSSR count). The average molecular weight is 526 g/mol. The Morgan fingerprint density at radius 1 is 0.514 bits per heavy atom. The molecule has 0 aromatic heterocycles. The molecule has 0 N–H and O–H groups in total. The van der Waals surface area contributed by atoms with Crippen LogP contribution in [0.25, 0.3) is 0 Å². The van der Waals surface area contributed by atoms with Gasteiger partial charge in [0.25, 0.3) is 0 Å². The van der Waals surface area contributed by atoms with Crippen molar-refractivity contribution >= 4 is 11.9 Å². The summed E-state index contributed by atoms with van der Waals surface area (Å²) in [6.07, 6.45) is 17.5. The van der Waals surface area contributed by atoms with Gasteiger partial charge in [0.15, 0.2) is 0 Å². The van der Waals surface area contributed by atoms with Gasteiger partial charge in [-0.3, -0.25) is 0 Å². The van der Waals surface area contributed by atoms with E-state index in [0.29, 0.717) is 0 Å². The molecule has 0 amide bonds. The maximum atomic E-state index is 10.6. The number of carboxylic acids is 2. The van der Waals surface area contributed by atoms with E-state index >= 15 is 0 Å². The fourth-order valence-corrected chi connectivity index (χ4v) is 3.83. The molecule has 0 bridgehead atoms. The fraction of sp³-hybridized carbons (Fsp3) is 0.533. The minimum absolute atomic E-state index is 0. The number of benzene rings is 2. The van der Waals surface area contributed by atoms with Crippen molar-refractivity contribution in [2.45, 2.75) is 104 Å². The minimum Gasteiger partial charge on any atom is -0.545 e. The van der Waals surface area contributed by atoms with Gasteiger partial charge in [-0.15, -0.1) is 0 Å². The number of hydrogen-bond donors (Lipinski definition) is 0. The zero-order chi connectivity index (χ0) is 25.0. The summed E-state index contributed by atoms with van der Waals surface area (Å²) in [6, 6.07) is 14.1. The summed E-state index contributed by atoms with van der Waals surface area (Å²) >= 11 is 0. The fourth-order valence-electron chi connectivity index (χ4n) is 3.83. The van der Waals surface area contributed by atoms with E-state index in [1.54, 1.807) is 24.3 Å². The van der Waals surface area contributed by atoms with Crippen molar-refractivity contribution in [3.8, 4) is 0 Å². The van der Waals surface area contributed by atoms with Crippen LogP contribution < -0.4 is 10.2 Å². The van der Waals surface area contributed by atoms with E-state index in [4.69, 9.17) is 0 Å². The summed E-state index contributed by atoms with van der Waals surface area (Å²) in [5.41, 5.74) is 2.95. The predicted octanol–water partition coefficient (Wildman–Crippen LogP) is 5.90. The Labute approximate surface area is 222 Å². The number of rotatable bonds is 16. The summed E-state index contributed by atoms with van der Waals surface area (Å²) in [7, 11) is 0. The zero-order valence-electron chi connectivity index (χ0n) is 21.5. The number of carbonyl (C=O) groups excluding carboxylic acids is 2. The van der Waals surface area contributed by atoms with E-state index in [2.05, 4.69) is 13.8 Å². The van der Waals surface area contributed by atoms with E-state index in [-0.39, 0.29) is 27.9 Å². The molecular weight excluding hydrogens is 483 g/mol. The molecule has 0 aliphatic heterocycles. The molecule has 1 radical (unpaired) electrons. The van der Waals surface area contributed by atoms with Gasteiger partial charge in [0.1, 0.15) is 0 Å². The molecule has 0 aliphatic rings. The van der Waals surface area contributed by atoms with Crippen molar-refractivity contribution in [2.75, 3.05) is 0 Å². The van der Waals surface area contributed by atoms with Gasteiger partial charge in [-0.25, -0.2) is 0 Å². The van der Waals surface area contributed by atoms with Crippen LogP contribution in [0.1, 0.15) is 123 Å². The average Bonchev–Trinajstić information content (AvgIpc) is 2.84.